The Bertz CT molecular complexity index is 645. The van der Waals surface area contributed by atoms with E-state index in [0.29, 0.717) is 32.5 Å². The van der Waals surface area contributed by atoms with Crippen LogP contribution in [0.3, 0.4) is 0 Å². The van der Waals surface area contributed by atoms with Crippen LogP contribution in [0.25, 0.3) is 0 Å². The number of amides is 1. The van der Waals surface area contributed by atoms with Crippen molar-refractivity contribution in [1.82, 2.24) is 0 Å². The molecule has 6 heteroatoms. The summed E-state index contributed by atoms with van der Waals surface area (Å²) in [6.45, 7) is 0.811. The average Bonchev–Trinajstić information content (AvgIpc) is 2.87. The molecular formula is C19H24N2O4. The van der Waals surface area contributed by atoms with Gasteiger partial charge in [-0.1, -0.05) is 30.3 Å². The third-order valence-electron chi connectivity index (χ3n) is 5.58. The molecule has 3 N–H and O–H groups in total. The summed E-state index contributed by atoms with van der Waals surface area (Å²) in [6, 6.07) is 11.9. The van der Waals surface area contributed by atoms with Crippen molar-refractivity contribution in [3.63, 3.8) is 0 Å². The van der Waals surface area contributed by atoms with Gasteiger partial charge in [0.25, 0.3) is 0 Å². The number of hydrogen-bond donors (Lipinski definition) is 2. The standard InChI is InChI=1S/C19H24N2O4/c20-12-19(23)9-14-8-15(25-18(21)22)6-7-16(14)17(19)11-24-10-13-4-2-1-3-5-13/h1-5,14-17,23H,6-11H2,(H2,21,22)/t14-,15?,16+,17-,19?/m0/s1. The van der Waals surface area contributed by atoms with Crippen LogP contribution in [0.1, 0.15) is 31.2 Å². The lowest BCUT2D eigenvalue weighted by molar-refractivity contribution is -0.0219. The van der Waals surface area contributed by atoms with E-state index in [4.69, 9.17) is 15.2 Å². The molecule has 2 aliphatic carbocycles. The number of fused-ring (bicyclic) bond motifs is 1. The first-order chi connectivity index (χ1) is 12.0. The zero-order valence-corrected chi connectivity index (χ0v) is 14.1. The van der Waals surface area contributed by atoms with Gasteiger partial charge in [-0.3, -0.25) is 0 Å². The highest BCUT2D eigenvalue weighted by atomic mass is 16.6. The summed E-state index contributed by atoms with van der Waals surface area (Å²) in [4.78, 5) is 11.0. The zero-order chi connectivity index (χ0) is 17.9. The molecule has 1 amide bonds. The predicted octanol–water partition coefficient (Wildman–Crippen LogP) is 2.36. The molecular weight excluding hydrogens is 320 g/mol. The van der Waals surface area contributed by atoms with E-state index < -0.39 is 11.7 Å². The number of nitrogens with zero attached hydrogens (tertiary/aromatic N) is 1. The van der Waals surface area contributed by atoms with Gasteiger partial charge in [-0.05, 0) is 43.1 Å². The molecule has 0 saturated heterocycles. The first-order valence-electron chi connectivity index (χ1n) is 8.73. The Labute approximate surface area is 147 Å². The fourth-order valence-corrected chi connectivity index (χ4v) is 4.45. The smallest absolute Gasteiger partial charge is 0.404 e. The molecule has 3 rings (SSSR count). The maximum atomic E-state index is 11.0. The third-order valence-corrected chi connectivity index (χ3v) is 5.58. The minimum atomic E-state index is -1.38. The second kappa shape index (κ2) is 7.42. The van der Waals surface area contributed by atoms with E-state index >= 15 is 0 Å². The summed E-state index contributed by atoms with van der Waals surface area (Å²) < 4.78 is 10.9. The normalized spacial score (nSPS) is 34.1. The van der Waals surface area contributed by atoms with Gasteiger partial charge in [0.2, 0.25) is 0 Å². The molecule has 2 fully saturated rings. The minimum absolute atomic E-state index is 0.146. The highest BCUT2D eigenvalue weighted by Crippen LogP contribution is 2.51. The van der Waals surface area contributed by atoms with Gasteiger partial charge in [-0.2, -0.15) is 5.26 Å². The van der Waals surface area contributed by atoms with Crippen molar-refractivity contribution in [1.29, 1.82) is 5.26 Å². The number of nitriles is 1. The maximum Gasteiger partial charge on any atom is 0.404 e. The van der Waals surface area contributed by atoms with E-state index in [2.05, 4.69) is 6.07 Å². The van der Waals surface area contributed by atoms with Crippen molar-refractivity contribution in [3.8, 4) is 6.07 Å². The molecule has 2 saturated carbocycles. The number of hydrogen-bond acceptors (Lipinski definition) is 5. The van der Waals surface area contributed by atoms with Crippen LogP contribution in [0.5, 0.6) is 0 Å². The lowest BCUT2D eigenvalue weighted by Gasteiger charge is -2.33. The van der Waals surface area contributed by atoms with Crippen LogP contribution < -0.4 is 5.73 Å². The Morgan fingerprint density at radius 1 is 1.36 bits per heavy atom. The van der Waals surface area contributed by atoms with Gasteiger partial charge in [-0.25, -0.2) is 4.79 Å². The number of carbonyl (C=O) groups excluding carboxylic acids is 1. The van der Waals surface area contributed by atoms with Gasteiger partial charge in [0.15, 0.2) is 5.60 Å². The largest absolute Gasteiger partial charge is 0.446 e. The zero-order valence-electron chi connectivity index (χ0n) is 14.1. The van der Waals surface area contributed by atoms with Crippen molar-refractivity contribution < 1.29 is 19.4 Å². The molecule has 1 aromatic carbocycles. The van der Waals surface area contributed by atoms with Gasteiger partial charge in [-0.15, -0.1) is 0 Å². The van der Waals surface area contributed by atoms with E-state index in [-0.39, 0.29) is 23.9 Å². The van der Waals surface area contributed by atoms with E-state index in [1.54, 1.807) is 0 Å². The first-order valence-corrected chi connectivity index (χ1v) is 8.73. The molecule has 2 unspecified atom stereocenters. The van der Waals surface area contributed by atoms with Gasteiger partial charge >= 0.3 is 6.09 Å². The van der Waals surface area contributed by atoms with Crippen LogP contribution in [0.15, 0.2) is 30.3 Å². The molecule has 25 heavy (non-hydrogen) atoms. The SMILES string of the molecule is N#CC1(O)C[C@@H]2CC(OC(N)=O)CC[C@H]2[C@@H]1COCc1ccccc1. The molecule has 1 aromatic rings. The molecule has 0 radical (unpaired) electrons. The number of nitrogens with two attached hydrogens (primary N) is 1. The van der Waals surface area contributed by atoms with Crippen molar-refractivity contribution in [2.24, 2.45) is 23.5 Å². The molecule has 0 aliphatic heterocycles. The quantitative estimate of drug-likeness (QED) is 0.798. The lowest BCUT2D eigenvalue weighted by Crippen LogP contribution is -2.38. The Hall–Kier alpha value is -2.10. The van der Waals surface area contributed by atoms with Gasteiger partial charge < -0.3 is 20.3 Å². The molecule has 2 aliphatic rings. The number of ether oxygens (including phenoxy) is 2. The maximum absolute atomic E-state index is 11.0. The Kier molecular flexibility index (Phi) is 5.26. The summed E-state index contributed by atoms with van der Waals surface area (Å²) in [5.41, 5.74) is 4.79. The number of carbonyl (C=O) groups is 1. The second-order valence-electron chi connectivity index (χ2n) is 7.14. The van der Waals surface area contributed by atoms with E-state index in [1.807, 2.05) is 30.3 Å². The predicted molar refractivity (Wildman–Crippen MR) is 90.1 cm³/mol. The molecule has 5 atom stereocenters. The summed E-state index contributed by atoms with van der Waals surface area (Å²) in [6.07, 6.45) is 1.57. The van der Waals surface area contributed by atoms with Crippen molar-refractivity contribution >= 4 is 6.09 Å². The number of aliphatic hydroxyl groups is 1. The highest BCUT2D eigenvalue weighted by molar-refractivity contribution is 5.64. The summed E-state index contributed by atoms with van der Waals surface area (Å²) in [5, 5.41) is 20.3. The molecule has 0 heterocycles. The molecule has 0 aromatic heterocycles. The Balaban J connectivity index is 1.62. The van der Waals surface area contributed by atoms with E-state index in [9.17, 15) is 15.2 Å². The highest BCUT2D eigenvalue weighted by Gasteiger charge is 2.54. The number of primary amides is 1. The average molecular weight is 344 g/mol. The van der Waals surface area contributed by atoms with Crippen LogP contribution in [0.2, 0.25) is 0 Å². The molecule has 6 nitrogen and oxygen atoms in total. The molecule has 134 valence electrons. The summed E-state index contributed by atoms with van der Waals surface area (Å²) in [7, 11) is 0. The van der Waals surface area contributed by atoms with E-state index in [1.165, 1.54) is 0 Å². The van der Waals surface area contributed by atoms with Gasteiger partial charge in [0, 0.05) is 5.92 Å². The third kappa shape index (κ3) is 3.94. The van der Waals surface area contributed by atoms with Crippen molar-refractivity contribution in [3.05, 3.63) is 35.9 Å². The van der Waals surface area contributed by atoms with Crippen LogP contribution in [0.4, 0.5) is 4.79 Å². The monoisotopic (exact) mass is 344 g/mol. The fraction of sp³-hybridized carbons (Fsp3) is 0.579. The van der Waals surface area contributed by atoms with Crippen LogP contribution in [-0.4, -0.2) is 29.5 Å². The number of rotatable bonds is 5. The first kappa shape index (κ1) is 17.7. The minimum Gasteiger partial charge on any atom is -0.446 e. The summed E-state index contributed by atoms with van der Waals surface area (Å²) >= 11 is 0. The van der Waals surface area contributed by atoms with Crippen LogP contribution in [0, 0.1) is 29.1 Å². The van der Waals surface area contributed by atoms with Crippen molar-refractivity contribution in [2.75, 3.05) is 6.61 Å². The van der Waals surface area contributed by atoms with Crippen LogP contribution in [-0.2, 0) is 16.1 Å². The number of benzene rings is 1. The topological polar surface area (TPSA) is 106 Å². The Morgan fingerprint density at radius 3 is 2.80 bits per heavy atom. The summed E-state index contributed by atoms with van der Waals surface area (Å²) in [5.74, 6) is 0.127. The second-order valence-corrected chi connectivity index (χ2v) is 7.14. The molecule has 0 spiro atoms. The fourth-order valence-electron chi connectivity index (χ4n) is 4.45. The van der Waals surface area contributed by atoms with Gasteiger partial charge in [0.1, 0.15) is 6.10 Å². The van der Waals surface area contributed by atoms with Gasteiger partial charge in [0.05, 0.1) is 19.3 Å². The lowest BCUT2D eigenvalue weighted by atomic mass is 9.76. The van der Waals surface area contributed by atoms with Crippen LogP contribution >= 0.6 is 0 Å². The van der Waals surface area contributed by atoms with E-state index in [0.717, 1.165) is 12.0 Å². The van der Waals surface area contributed by atoms with Crippen molar-refractivity contribution in [2.45, 2.75) is 44.0 Å². The Morgan fingerprint density at radius 2 is 2.12 bits per heavy atom. The molecule has 0 bridgehead atoms.